The van der Waals surface area contributed by atoms with Gasteiger partial charge in [0.2, 0.25) is 0 Å². The Bertz CT molecular complexity index is 852. The maximum atomic E-state index is 12.4. The van der Waals surface area contributed by atoms with E-state index in [9.17, 15) is 18.0 Å². The Morgan fingerprint density at radius 2 is 1.76 bits per heavy atom. The van der Waals surface area contributed by atoms with Crippen molar-refractivity contribution in [3.8, 4) is 5.75 Å². The zero-order valence-electron chi connectivity index (χ0n) is 15.3. The van der Waals surface area contributed by atoms with Gasteiger partial charge in [-0.25, -0.2) is 0 Å². The van der Waals surface area contributed by atoms with Crippen molar-refractivity contribution >= 4 is 29.1 Å². The number of carbonyl (C=O) groups is 1. The first-order valence-electron chi connectivity index (χ1n) is 9.02. The molecule has 1 fully saturated rings. The van der Waals surface area contributed by atoms with Gasteiger partial charge in [0.1, 0.15) is 5.75 Å². The molecule has 1 heterocycles. The maximum absolute atomic E-state index is 12.4. The minimum atomic E-state index is -4.69. The third kappa shape index (κ3) is 6.52. The molecule has 2 aromatic rings. The van der Waals surface area contributed by atoms with Crippen LogP contribution in [0.4, 0.5) is 13.2 Å². The highest BCUT2D eigenvalue weighted by molar-refractivity contribution is 6.36. The number of amides is 1. The van der Waals surface area contributed by atoms with Crippen LogP contribution < -0.4 is 10.1 Å². The van der Waals surface area contributed by atoms with Gasteiger partial charge in [-0.05, 0) is 48.7 Å². The molecular weight excluding hydrogens is 428 g/mol. The lowest BCUT2D eigenvalue weighted by Gasteiger charge is -2.32. The molecule has 1 aliphatic heterocycles. The van der Waals surface area contributed by atoms with Gasteiger partial charge in [0.25, 0.3) is 5.91 Å². The van der Waals surface area contributed by atoms with Crippen molar-refractivity contribution in [2.45, 2.75) is 31.8 Å². The highest BCUT2D eigenvalue weighted by Gasteiger charge is 2.31. The zero-order chi connectivity index (χ0) is 21.0. The minimum absolute atomic E-state index is 0.0352. The number of ether oxygens (including phenoxy) is 1. The van der Waals surface area contributed by atoms with Crippen LogP contribution in [-0.2, 0) is 6.54 Å². The summed E-state index contributed by atoms with van der Waals surface area (Å²) in [4.78, 5) is 14.6. The Kier molecular flexibility index (Phi) is 6.93. The van der Waals surface area contributed by atoms with Gasteiger partial charge in [0.05, 0.1) is 10.6 Å². The average molecular weight is 447 g/mol. The average Bonchev–Trinajstić information content (AvgIpc) is 2.63. The van der Waals surface area contributed by atoms with E-state index in [-0.39, 0.29) is 17.7 Å². The first-order chi connectivity index (χ1) is 13.7. The highest BCUT2D eigenvalue weighted by atomic mass is 35.5. The van der Waals surface area contributed by atoms with E-state index in [0.717, 1.165) is 31.5 Å². The van der Waals surface area contributed by atoms with Crippen LogP contribution in [0.1, 0.15) is 28.8 Å². The number of nitrogens with zero attached hydrogens (tertiary/aromatic N) is 1. The first kappa shape index (κ1) is 21.7. The second-order valence-electron chi connectivity index (χ2n) is 6.84. The number of carbonyl (C=O) groups excluding carboxylic acids is 1. The largest absolute Gasteiger partial charge is 0.573 e. The minimum Gasteiger partial charge on any atom is -0.406 e. The summed E-state index contributed by atoms with van der Waals surface area (Å²) < 4.78 is 40.5. The van der Waals surface area contributed by atoms with Gasteiger partial charge < -0.3 is 10.1 Å². The lowest BCUT2D eigenvalue weighted by molar-refractivity contribution is -0.274. The van der Waals surface area contributed by atoms with E-state index < -0.39 is 6.36 Å². The Balaban J connectivity index is 1.47. The second kappa shape index (κ2) is 9.24. The lowest BCUT2D eigenvalue weighted by atomic mass is 10.0. The first-order valence-corrected chi connectivity index (χ1v) is 9.78. The van der Waals surface area contributed by atoms with E-state index in [2.05, 4.69) is 15.0 Å². The summed E-state index contributed by atoms with van der Waals surface area (Å²) in [6.07, 6.45) is -3.15. The van der Waals surface area contributed by atoms with Crippen LogP contribution >= 0.6 is 23.2 Å². The Morgan fingerprint density at radius 3 is 2.34 bits per heavy atom. The lowest BCUT2D eigenvalue weighted by Crippen LogP contribution is -2.44. The molecule has 1 aliphatic rings. The monoisotopic (exact) mass is 446 g/mol. The summed E-state index contributed by atoms with van der Waals surface area (Å²) in [6, 6.07) is 10.7. The standard InChI is InChI=1S/C20H19Cl2F3N2O2/c21-14-3-6-17(18(22)11-14)19(28)26-15-7-9-27(10-8-15)12-13-1-4-16(5-2-13)29-20(23,24)25/h1-6,11,15H,7-10,12H2,(H,26,28). The molecule has 1 amide bonds. The smallest absolute Gasteiger partial charge is 0.406 e. The second-order valence-corrected chi connectivity index (χ2v) is 7.68. The predicted molar refractivity (Wildman–Crippen MR) is 105 cm³/mol. The number of hydrogen-bond acceptors (Lipinski definition) is 3. The molecule has 2 aromatic carbocycles. The van der Waals surface area contributed by atoms with Crippen molar-refractivity contribution in [2.24, 2.45) is 0 Å². The van der Waals surface area contributed by atoms with Crippen molar-refractivity contribution in [3.05, 3.63) is 63.6 Å². The molecular formula is C20H19Cl2F3N2O2. The molecule has 0 saturated carbocycles. The van der Waals surface area contributed by atoms with Crippen LogP contribution in [0.3, 0.4) is 0 Å². The third-order valence-electron chi connectivity index (χ3n) is 4.66. The molecule has 29 heavy (non-hydrogen) atoms. The van der Waals surface area contributed by atoms with Gasteiger partial charge in [-0.2, -0.15) is 0 Å². The van der Waals surface area contributed by atoms with Gasteiger partial charge in [-0.15, -0.1) is 13.2 Å². The van der Waals surface area contributed by atoms with E-state index in [1.165, 1.54) is 18.2 Å². The fourth-order valence-electron chi connectivity index (χ4n) is 3.23. The number of piperidine rings is 1. The van der Waals surface area contributed by atoms with Crippen molar-refractivity contribution < 1.29 is 22.7 Å². The molecule has 0 aromatic heterocycles. The van der Waals surface area contributed by atoms with Crippen LogP contribution in [0, 0.1) is 0 Å². The van der Waals surface area contributed by atoms with Crippen LogP contribution in [0.15, 0.2) is 42.5 Å². The summed E-state index contributed by atoms with van der Waals surface area (Å²) >= 11 is 11.9. The predicted octanol–water partition coefficient (Wildman–Crippen LogP) is 5.29. The molecule has 0 bridgehead atoms. The number of hydrogen-bond donors (Lipinski definition) is 1. The van der Waals surface area contributed by atoms with Crippen LogP contribution in [0.2, 0.25) is 10.0 Å². The SMILES string of the molecule is O=C(NC1CCN(Cc2ccc(OC(F)(F)F)cc2)CC1)c1ccc(Cl)cc1Cl. The van der Waals surface area contributed by atoms with Gasteiger partial charge in [0, 0.05) is 30.7 Å². The van der Waals surface area contributed by atoms with Crippen LogP contribution in [0.5, 0.6) is 5.75 Å². The topological polar surface area (TPSA) is 41.6 Å². The fourth-order valence-corrected chi connectivity index (χ4v) is 3.72. The molecule has 0 unspecified atom stereocenters. The van der Waals surface area contributed by atoms with Crippen molar-refractivity contribution in [2.75, 3.05) is 13.1 Å². The number of likely N-dealkylation sites (tertiary alicyclic amines) is 1. The van der Waals surface area contributed by atoms with E-state index >= 15 is 0 Å². The Labute approximate surface area is 176 Å². The Morgan fingerprint density at radius 1 is 1.10 bits per heavy atom. The molecule has 0 spiro atoms. The van der Waals surface area contributed by atoms with Crippen LogP contribution in [-0.4, -0.2) is 36.3 Å². The Hall–Kier alpha value is -1.96. The fraction of sp³-hybridized carbons (Fsp3) is 0.350. The normalized spacial score (nSPS) is 15.9. The van der Waals surface area contributed by atoms with E-state index in [1.807, 2.05) is 0 Å². The third-order valence-corrected chi connectivity index (χ3v) is 5.21. The van der Waals surface area contributed by atoms with Crippen molar-refractivity contribution in [3.63, 3.8) is 0 Å². The molecule has 156 valence electrons. The van der Waals surface area contributed by atoms with Gasteiger partial charge in [0.15, 0.2) is 0 Å². The van der Waals surface area contributed by atoms with E-state index in [1.54, 1.807) is 24.3 Å². The quantitative estimate of drug-likeness (QED) is 0.678. The summed E-state index contributed by atoms with van der Waals surface area (Å²) in [5.74, 6) is -0.464. The molecule has 4 nitrogen and oxygen atoms in total. The number of benzene rings is 2. The van der Waals surface area contributed by atoms with E-state index in [0.29, 0.717) is 22.2 Å². The maximum Gasteiger partial charge on any atom is 0.573 e. The van der Waals surface area contributed by atoms with Gasteiger partial charge >= 0.3 is 6.36 Å². The molecule has 1 saturated heterocycles. The van der Waals surface area contributed by atoms with E-state index in [4.69, 9.17) is 23.2 Å². The summed E-state index contributed by atoms with van der Waals surface area (Å²) in [5, 5.41) is 3.77. The van der Waals surface area contributed by atoms with Crippen molar-refractivity contribution in [1.82, 2.24) is 10.2 Å². The molecule has 0 aliphatic carbocycles. The molecule has 1 N–H and O–H groups in total. The van der Waals surface area contributed by atoms with Gasteiger partial charge in [-0.3, -0.25) is 9.69 Å². The number of nitrogens with one attached hydrogen (secondary N) is 1. The number of alkyl halides is 3. The molecule has 3 rings (SSSR count). The number of halogens is 5. The summed E-state index contributed by atoms with van der Waals surface area (Å²) in [6.45, 7) is 2.15. The zero-order valence-corrected chi connectivity index (χ0v) is 16.8. The van der Waals surface area contributed by atoms with Gasteiger partial charge in [-0.1, -0.05) is 35.3 Å². The summed E-state index contributed by atoms with van der Waals surface area (Å²) in [7, 11) is 0. The summed E-state index contributed by atoms with van der Waals surface area (Å²) in [5.41, 5.74) is 1.29. The highest BCUT2D eigenvalue weighted by Crippen LogP contribution is 2.24. The molecule has 0 atom stereocenters. The molecule has 0 radical (unpaired) electrons. The van der Waals surface area contributed by atoms with Crippen LogP contribution in [0.25, 0.3) is 0 Å². The van der Waals surface area contributed by atoms with Crippen molar-refractivity contribution in [1.29, 1.82) is 0 Å². The molecule has 9 heteroatoms. The number of rotatable bonds is 5.